The number of hydrogen-bond acceptors (Lipinski definition) is 5. The van der Waals surface area contributed by atoms with E-state index in [0.29, 0.717) is 24.9 Å². The van der Waals surface area contributed by atoms with Crippen molar-refractivity contribution in [3.8, 4) is 10.7 Å². The summed E-state index contributed by atoms with van der Waals surface area (Å²) in [4.78, 5) is 9.96. The number of hydrogen-bond donors (Lipinski definition) is 1. The number of nitrogens with zero attached hydrogens (tertiary/aromatic N) is 2. The van der Waals surface area contributed by atoms with Gasteiger partial charge in [0.2, 0.25) is 0 Å². The van der Waals surface area contributed by atoms with Crippen LogP contribution in [0.5, 0.6) is 0 Å². The van der Waals surface area contributed by atoms with Gasteiger partial charge in [-0.25, -0.2) is 9.97 Å². The summed E-state index contributed by atoms with van der Waals surface area (Å²) in [5.41, 5.74) is 7.91. The van der Waals surface area contributed by atoms with Crippen LogP contribution in [0.4, 0.5) is 5.82 Å². The molecule has 0 unspecified atom stereocenters. The molecule has 2 N–H and O–H groups in total. The van der Waals surface area contributed by atoms with Crippen molar-refractivity contribution >= 4 is 49.0 Å². The van der Waals surface area contributed by atoms with Crippen LogP contribution in [0.3, 0.4) is 0 Å². The summed E-state index contributed by atoms with van der Waals surface area (Å²) in [6.07, 6.45) is 0.794. The Bertz CT molecular complexity index is 595. The van der Waals surface area contributed by atoms with E-state index >= 15 is 0 Å². The molecule has 2 aromatic rings. The monoisotopic (exact) mass is 389 g/mol. The molecule has 18 heavy (non-hydrogen) atoms. The van der Waals surface area contributed by atoms with Gasteiger partial charge in [0.15, 0.2) is 5.82 Å². The maximum atomic E-state index is 5.97. The van der Waals surface area contributed by atoms with Gasteiger partial charge in [-0.1, -0.05) is 0 Å². The second-order valence-corrected chi connectivity index (χ2v) is 7.12. The predicted molar refractivity (Wildman–Crippen MR) is 78.5 cm³/mol. The van der Waals surface area contributed by atoms with Crippen molar-refractivity contribution in [3.05, 3.63) is 25.6 Å². The summed E-state index contributed by atoms with van der Waals surface area (Å²) in [5.74, 6) is 1.21. The van der Waals surface area contributed by atoms with Crippen molar-refractivity contribution in [2.24, 2.45) is 0 Å². The minimum absolute atomic E-state index is 0.513. The summed E-state index contributed by atoms with van der Waals surface area (Å²) in [7, 11) is 0. The molecule has 0 saturated carbocycles. The molecule has 0 aliphatic carbocycles. The average Bonchev–Trinajstić information content (AvgIpc) is 2.70. The Hall–Kier alpha value is -0.500. The van der Waals surface area contributed by atoms with Gasteiger partial charge in [0.05, 0.1) is 27.6 Å². The van der Waals surface area contributed by atoms with Crippen molar-refractivity contribution in [2.75, 3.05) is 12.3 Å². The van der Waals surface area contributed by atoms with Crippen LogP contribution in [-0.4, -0.2) is 16.6 Å². The normalized spacial score (nSPS) is 14.6. The summed E-state index contributed by atoms with van der Waals surface area (Å²) in [6, 6.07) is 2.00. The first kappa shape index (κ1) is 12.5. The highest BCUT2D eigenvalue weighted by molar-refractivity contribution is 9.13. The molecule has 0 spiro atoms. The van der Waals surface area contributed by atoms with Crippen molar-refractivity contribution in [1.82, 2.24) is 9.97 Å². The predicted octanol–water partition coefficient (Wildman–Crippen LogP) is 3.39. The van der Waals surface area contributed by atoms with Crippen LogP contribution in [0.25, 0.3) is 10.7 Å². The molecule has 3 rings (SSSR count). The molecule has 2 aromatic heterocycles. The Morgan fingerprint density at radius 3 is 2.89 bits per heavy atom. The molecule has 4 nitrogen and oxygen atoms in total. The van der Waals surface area contributed by atoms with E-state index in [1.165, 1.54) is 0 Å². The maximum absolute atomic E-state index is 5.97. The van der Waals surface area contributed by atoms with Gasteiger partial charge in [0.25, 0.3) is 0 Å². The van der Waals surface area contributed by atoms with Crippen molar-refractivity contribution in [1.29, 1.82) is 0 Å². The lowest BCUT2D eigenvalue weighted by molar-refractivity contribution is 0.109. The molecule has 1 aliphatic heterocycles. The molecular weight excluding hydrogens is 382 g/mol. The Kier molecular flexibility index (Phi) is 3.40. The highest BCUT2D eigenvalue weighted by atomic mass is 79.9. The molecule has 1 aliphatic rings. The topological polar surface area (TPSA) is 61.0 Å². The number of anilines is 1. The number of ether oxygens (including phenoxy) is 1. The maximum Gasteiger partial charge on any atom is 0.171 e. The third-order valence-electron chi connectivity index (χ3n) is 2.72. The molecule has 0 atom stereocenters. The lowest BCUT2D eigenvalue weighted by atomic mass is 10.1. The van der Waals surface area contributed by atoms with Crippen LogP contribution >= 0.6 is 43.2 Å². The van der Waals surface area contributed by atoms with Crippen LogP contribution in [0.2, 0.25) is 0 Å². The molecule has 0 saturated heterocycles. The SMILES string of the molecule is Nc1nc(-c2cc(Br)c(Br)s2)nc2c1COCC2. The molecular formula is C11H9Br2N3OS. The zero-order valence-corrected chi connectivity index (χ0v) is 13.2. The van der Waals surface area contributed by atoms with E-state index in [1.54, 1.807) is 11.3 Å². The number of halogens is 2. The minimum Gasteiger partial charge on any atom is -0.383 e. The number of thiophene rings is 1. The fourth-order valence-electron chi connectivity index (χ4n) is 1.82. The van der Waals surface area contributed by atoms with Gasteiger partial charge in [0.1, 0.15) is 5.82 Å². The van der Waals surface area contributed by atoms with Crippen LogP contribution in [-0.2, 0) is 17.8 Å². The second kappa shape index (κ2) is 4.88. The van der Waals surface area contributed by atoms with E-state index < -0.39 is 0 Å². The highest BCUT2D eigenvalue weighted by Crippen LogP contribution is 2.37. The van der Waals surface area contributed by atoms with E-state index in [4.69, 9.17) is 10.5 Å². The number of nitrogen functional groups attached to an aromatic ring is 1. The van der Waals surface area contributed by atoms with Gasteiger partial charge < -0.3 is 10.5 Å². The molecule has 0 amide bonds. The van der Waals surface area contributed by atoms with Gasteiger partial charge in [-0.15, -0.1) is 11.3 Å². The lowest BCUT2D eigenvalue weighted by Crippen LogP contribution is -2.15. The first-order valence-electron chi connectivity index (χ1n) is 5.33. The number of rotatable bonds is 1. The minimum atomic E-state index is 0.513. The van der Waals surface area contributed by atoms with Crippen molar-refractivity contribution in [2.45, 2.75) is 13.0 Å². The Balaban J connectivity index is 2.10. The fraction of sp³-hybridized carbons (Fsp3) is 0.273. The number of aromatic nitrogens is 2. The highest BCUT2D eigenvalue weighted by Gasteiger charge is 2.18. The molecule has 0 bridgehead atoms. The third kappa shape index (κ3) is 2.20. The van der Waals surface area contributed by atoms with Gasteiger partial charge in [-0.2, -0.15) is 0 Å². The Morgan fingerprint density at radius 1 is 1.33 bits per heavy atom. The third-order valence-corrected chi connectivity index (χ3v) is 5.97. The molecule has 7 heteroatoms. The summed E-state index contributed by atoms with van der Waals surface area (Å²) in [6.45, 7) is 1.21. The molecule has 94 valence electrons. The van der Waals surface area contributed by atoms with Gasteiger partial charge >= 0.3 is 0 Å². The van der Waals surface area contributed by atoms with E-state index in [1.807, 2.05) is 6.07 Å². The quantitative estimate of drug-likeness (QED) is 0.810. The first-order valence-corrected chi connectivity index (χ1v) is 7.73. The van der Waals surface area contributed by atoms with Gasteiger partial charge in [-0.05, 0) is 37.9 Å². The zero-order valence-electron chi connectivity index (χ0n) is 9.24. The second-order valence-electron chi connectivity index (χ2n) is 3.89. The van der Waals surface area contributed by atoms with Crippen LogP contribution in [0, 0.1) is 0 Å². The summed E-state index contributed by atoms with van der Waals surface area (Å²) >= 11 is 8.52. The largest absolute Gasteiger partial charge is 0.383 e. The average molecular weight is 391 g/mol. The van der Waals surface area contributed by atoms with Crippen LogP contribution < -0.4 is 5.73 Å². The Morgan fingerprint density at radius 2 is 2.17 bits per heavy atom. The van der Waals surface area contributed by atoms with Crippen molar-refractivity contribution in [3.63, 3.8) is 0 Å². The standard InChI is InChI=1S/C11H9Br2N3OS/c12-6-3-8(18-9(6)13)11-15-7-1-2-17-4-5(7)10(14)16-11/h3H,1-2,4H2,(H2,14,15,16). The Labute approximate surface area is 125 Å². The zero-order chi connectivity index (χ0) is 12.7. The molecule has 0 aromatic carbocycles. The number of nitrogens with two attached hydrogens (primary N) is 1. The smallest absolute Gasteiger partial charge is 0.171 e. The summed E-state index contributed by atoms with van der Waals surface area (Å²) < 4.78 is 7.41. The lowest BCUT2D eigenvalue weighted by Gasteiger charge is -2.17. The van der Waals surface area contributed by atoms with E-state index in [0.717, 1.165) is 30.8 Å². The van der Waals surface area contributed by atoms with Gasteiger partial charge in [-0.3, -0.25) is 0 Å². The van der Waals surface area contributed by atoms with Crippen LogP contribution in [0.1, 0.15) is 11.3 Å². The van der Waals surface area contributed by atoms with E-state index in [-0.39, 0.29) is 0 Å². The number of fused-ring (bicyclic) bond motifs is 1. The van der Waals surface area contributed by atoms with E-state index in [9.17, 15) is 0 Å². The molecule has 3 heterocycles. The fourth-order valence-corrected chi connectivity index (χ4v) is 3.79. The van der Waals surface area contributed by atoms with Crippen molar-refractivity contribution < 1.29 is 4.74 Å². The summed E-state index contributed by atoms with van der Waals surface area (Å²) in [5, 5.41) is 0. The van der Waals surface area contributed by atoms with Crippen LogP contribution in [0.15, 0.2) is 14.3 Å². The first-order chi connectivity index (χ1) is 8.65. The van der Waals surface area contributed by atoms with Gasteiger partial charge in [0, 0.05) is 16.5 Å². The molecule has 0 radical (unpaired) electrons. The van der Waals surface area contributed by atoms with E-state index in [2.05, 4.69) is 41.8 Å². The molecule has 0 fully saturated rings.